The van der Waals surface area contributed by atoms with E-state index in [4.69, 9.17) is 34.9 Å². The van der Waals surface area contributed by atoms with E-state index in [0.29, 0.717) is 42.6 Å². The maximum Gasteiger partial charge on any atom is 0.273 e. The van der Waals surface area contributed by atoms with Crippen LogP contribution in [0.25, 0.3) is 11.2 Å². The summed E-state index contributed by atoms with van der Waals surface area (Å²) in [6.45, 7) is 6.84. The molecule has 12 heteroatoms. The summed E-state index contributed by atoms with van der Waals surface area (Å²) in [4.78, 5) is 28.7. The summed E-state index contributed by atoms with van der Waals surface area (Å²) in [5.74, 6) is 0.0576. The Hall–Kier alpha value is -4.10. The normalized spacial score (nSPS) is 25.2. The molecule has 12 nitrogen and oxygen atoms in total. The molecule has 4 heterocycles. The van der Waals surface area contributed by atoms with Crippen LogP contribution in [-0.4, -0.2) is 81.4 Å². The molecular formula is C35H44N8O4. The second kappa shape index (κ2) is 13.2. The van der Waals surface area contributed by atoms with E-state index in [9.17, 15) is 4.79 Å². The molecule has 2 unspecified atom stereocenters. The highest BCUT2D eigenvalue weighted by Gasteiger charge is 2.53. The van der Waals surface area contributed by atoms with Crippen molar-refractivity contribution in [1.82, 2.24) is 19.6 Å². The van der Waals surface area contributed by atoms with E-state index in [2.05, 4.69) is 59.2 Å². The molecule has 3 aliphatic rings. The zero-order valence-corrected chi connectivity index (χ0v) is 27.2. The van der Waals surface area contributed by atoms with Crippen LogP contribution in [0.4, 0.5) is 11.8 Å². The summed E-state index contributed by atoms with van der Waals surface area (Å²) in [6.07, 6.45) is 4.11. The Morgan fingerprint density at radius 2 is 1.74 bits per heavy atom. The second-order valence-electron chi connectivity index (χ2n) is 13.1. The van der Waals surface area contributed by atoms with E-state index in [1.807, 2.05) is 32.9 Å². The van der Waals surface area contributed by atoms with Crippen molar-refractivity contribution >= 4 is 28.8 Å². The number of hydrogen-bond acceptors (Lipinski definition) is 10. The molecule has 0 spiro atoms. The minimum Gasteiger partial charge on any atom is -0.367 e. The fourth-order valence-corrected chi connectivity index (χ4v) is 7.07. The maximum atomic E-state index is 14.1. The molecule has 2 aromatic carbocycles. The predicted octanol–water partition coefficient (Wildman–Crippen LogP) is 4.16. The Morgan fingerprint density at radius 1 is 1.04 bits per heavy atom. The number of carbonyl (C=O) groups is 1. The molecule has 7 rings (SSSR count). The number of aromatic nitrogens is 4. The fourth-order valence-electron chi connectivity index (χ4n) is 7.07. The van der Waals surface area contributed by atoms with Crippen LogP contribution in [0.15, 0.2) is 67.0 Å². The summed E-state index contributed by atoms with van der Waals surface area (Å²) in [5.41, 5.74) is 9.95. The Morgan fingerprint density at radius 3 is 2.43 bits per heavy atom. The third kappa shape index (κ3) is 6.42. The van der Waals surface area contributed by atoms with E-state index in [-0.39, 0.29) is 30.0 Å². The minimum atomic E-state index is -0.811. The van der Waals surface area contributed by atoms with Crippen molar-refractivity contribution in [2.75, 3.05) is 35.3 Å². The van der Waals surface area contributed by atoms with Crippen molar-refractivity contribution in [3.63, 3.8) is 0 Å². The molecule has 1 aliphatic carbocycles. The van der Waals surface area contributed by atoms with Crippen LogP contribution in [0.1, 0.15) is 63.5 Å². The lowest BCUT2D eigenvalue weighted by molar-refractivity contribution is -0.177. The molecule has 2 aliphatic heterocycles. The molecule has 0 bridgehead atoms. The van der Waals surface area contributed by atoms with Crippen LogP contribution in [0.2, 0.25) is 0 Å². The number of anilines is 2. The number of nitrogens with zero attached hydrogens (tertiary/aromatic N) is 5. The lowest BCUT2D eigenvalue weighted by atomic mass is 9.91. The van der Waals surface area contributed by atoms with Gasteiger partial charge < -0.3 is 30.6 Å². The van der Waals surface area contributed by atoms with Crippen molar-refractivity contribution in [3.8, 4) is 0 Å². The smallest absolute Gasteiger partial charge is 0.273 e. The van der Waals surface area contributed by atoms with Crippen LogP contribution < -0.4 is 21.4 Å². The summed E-state index contributed by atoms with van der Waals surface area (Å²) in [6, 6.07) is 20.9. The number of nitrogens with two attached hydrogens (primary N) is 1. The average molecular weight is 641 g/mol. The van der Waals surface area contributed by atoms with Gasteiger partial charge in [0.05, 0.1) is 6.61 Å². The third-order valence-corrected chi connectivity index (χ3v) is 9.41. The van der Waals surface area contributed by atoms with Crippen LogP contribution in [0, 0.1) is 0 Å². The third-order valence-electron chi connectivity index (χ3n) is 9.41. The summed E-state index contributed by atoms with van der Waals surface area (Å²) in [7, 11) is 0. The number of fused-ring (bicyclic) bond motifs is 2. The van der Waals surface area contributed by atoms with Gasteiger partial charge >= 0.3 is 0 Å². The van der Waals surface area contributed by atoms with Crippen molar-refractivity contribution < 1.29 is 19.0 Å². The summed E-state index contributed by atoms with van der Waals surface area (Å²) < 4.78 is 19.7. The fraction of sp³-hybridized carbons (Fsp3) is 0.486. The highest BCUT2D eigenvalue weighted by atomic mass is 16.8. The Balaban J connectivity index is 1.23. The lowest BCUT2D eigenvalue weighted by Crippen LogP contribution is -2.50. The number of benzene rings is 2. The summed E-state index contributed by atoms with van der Waals surface area (Å²) in [5, 5.41) is 8.72. The maximum absolute atomic E-state index is 14.1. The first-order valence-electron chi connectivity index (χ1n) is 16.7. The van der Waals surface area contributed by atoms with Gasteiger partial charge in [0.15, 0.2) is 28.9 Å². The molecule has 2 aromatic heterocycles. The Bertz CT molecular complexity index is 1640. The molecule has 248 valence electrons. The van der Waals surface area contributed by atoms with Gasteiger partial charge in [0, 0.05) is 31.1 Å². The van der Waals surface area contributed by atoms with E-state index in [1.54, 1.807) is 16.0 Å². The number of rotatable bonds is 10. The zero-order valence-electron chi connectivity index (χ0n) is 27.2. The molecule has 4 N–H and O–H groups in total. The SMILES string of the molecule is CCN(C(=O)[C@H]1OC[C@@H]2OC(C)(C)O[C@@H]21)n1cnc2c(NCC(c3ccccc3)c3ccccc3)nc(NC3CCCCC3N)nc21. The molecule has 3 fully saturated rings. The van der Waals surface area contributed by atoms with Gasteiger partial charge in [-0.15, -0.1) is 0 Å². The number of amides is 1. The van der Waals surface area contributed by atoms with Crippen LogP contribution in [-0.2, 0) is 19.0 Å². The van der Waals surface area contributed by atoms with E-state index in [1.165, 1.54) is 11.1 Å². The number of ether oxygens (including phenoxy) is 3. The van der Waals surface area contributed by atoms with Gasteiger partial charge in [0.25, 0.3) is 5.91 Å². The monoisotopic (exact) mass is 640 g/mol. The van der Waals surface area contributed by atoms with Gasteiger partial charge in [0.2, 0.25) is 5.95 Å². The average Bonchev–Trinajstić information content (AvgIpc) is 3.75. The molecule has 1 amide bonds. The van der Waals surface area contributed by atoms with Crippen molar-refractivity contribution in [2.24, 2.45) is 5.73 Å². The van der Waals surface area contributed by atoms with Gasteiger partial charge in [-0.1, -0.05) is 73.5 Å². The predicted molar refractivity (Wildman–Crippen MR) is 180 cm³/mol. The van der Waals surface area contributed by atoms with Gasteiger partial charge in [-0.25, -0.2) is 14.7 Å². The molecule has 2 saturated heterocycles. The minimum absolute atomic E-state index is 0.00367. The van der Waals surface area contributed by atoms with Gasteiger partial charge in [-0.2, -0.15) is 9.97 Å². The lowest BCUT2D eigenvalue weighted by Gasteiger charge is -2.30. The molecule has 47 heavy (non-hydrogen) atoms. The Kier molecular flexibility index (Phi) is 8.84. The van der Waals surface area contributed by atoms with Crippen molar-refractivity contribution in [1.29, 1.82) is 0 Å². The van der Waals surface area contributed by atoms with E-state index in [0.717, 1.165) is 25.7 Å². The number of imidazole rings is 1. The van der Waals surface area contributed by atoms with Crippen LogP contribution >= 0.6 is 0 Å². The van der Waals surface area contributed by atoms with Gasteiger partial charge in [-0.05, 0) is 44.7 Å². The van der Waals surface area contributed by atoms with Crippen LogP contribution in [0.5, 0.6) is 0 Å². The number of nitrogens with one attached hydrogen (secondary N) is 2. The summed E-state index contributed by atoms with van der Waals surface area (Å²) >= 11 is 0. The highest BCUT2D eigenvalue weighted by Crippen LogP contribution is 2.36. The Labute approximate surface area is 275 Å². The van der Waals surface area contributed by atoms with Crippen molar-refractivity contribution in [2.45, 2.75) is 88.6 Å². The molecule has 5 atom stereocenters. The largest absolute Gasteiger partial charge is 0.367 e. The molecular weight excluding hydrogens is 596 g/mol. The van der Waals surface area contributed by atoms with Gasteiger partial charge in [-0.3, -0.25) is 4.79 Å². The molecule has 0 radical (unpaired) electrons. The quantitative estimate of drug-likeness (QED) is 0.231. The number of hydrogen-bond donors (Lipinski definition) is 3. The van der Waals surface area contributed by atoms with Gasteiger partial charge in [0.1, 0.15) is 18.5 Å². The van der Waals surface area contributed by atoms with E-state index < -0.39 is 18.0 Å². The zero-order chi connectivity index (χ0) is 32.5. The molecule has 4 aromatic rings. The topological polar surface area (TPSA) is 142 Å². The van der Waals surface area contributed by atoms with E-state index >= 15 is 0 Å². The number of likely N-dealkylation sites (N-methyl/N-ethyl adjacent to an activating group) is 1. The van der Waals surface area contributed by atoms with Crippen LogP contribution in [0.3, 0.4) is 0 Å². The first kappa shape index (κ1) is 31.5. The molecule has 1 saturated carbocycles. The highest BCUT2D eigenvalue weighted by molar-refractivity contribution is 5.93. The second-order valence-corrected chi connectivity index (χ2v) is 13.1. The first-order valence-corrected chi connectivity index (χ1v) is 16.7. The van der Waals surface area contributed by atoms with Crippen molar-refractivity contribution in [3.05, 3.63) is 78.1 Å². The standard InChI is InChI=1S/C35H44N8O4/c1-4-42(33(44)30-29-27(20-45-30)46-35(2,3)47-29)43-21-38-28-31(40-34(41-32(28)43)39-26-18-12-11-17-25(26)36)37-19-24(22-13-7-5-8-14-22)23-15-9-6-10-16-23/h5-10,13-16,21,24-27,29-30H,4,11-12,17-20,36H2,1-3H3,(H2,37,39,40,41)/t25?,26?,27-,29-,30-/m0/s1. The number of carbonyl (C=O) groups excluding carboxylic acids is 1. The first-order chi connectivity index (χ1) is 22.8.